The number of hydrogen-bond acceptors (Lipinski definition) is 6. The lowest BCUT2D eigenvalue weighted by Gasteiger charge is -2.35. The predicted molar refractivity (Wildman–Crippen MR) is 129 cm³/mol. The molecule has 0 radical (unpaired) electrons. The zero-order chi connectivity index (χ0) is 25.9. The van der Waals surface area contributed by atoms with Crippen LogP contribution in [0, 0.1) is 0 Å². The number of carbonyl (C=O) groups is 3. The molecule has 8 nitrogen and oxygen atoms in total. The van der Waals surface area contributed by atoms with Crippen LogP contribution in [0.3, 0.4) is 0 Å². The van der Waals surface area contributed by atoms with E-state index in [0.29, 0.717) is 54.0 Å². The fourth-order valence-electron chi connectivity index (χ4n) is 4.33. The molecule has 1 atom stereocenters. The third kappa shape index (κ3) is 6.54. The number of rotatable bonds is 6. The number of anilines is 1. The summed E-state index contributed by atoms with van der Waals surface area (Å²) in [6, 6.07) is 4.73. The third-order valence-electron chi connectivity index (χ3n) is 6.25. The fourth-order valence-corrected chi connectivity index (χ4v) is 5.16. The van der Waals surface area contributed by atoms with Crippen LogP contribution in [0.2, 0.25) is 5.02 Å². The first kappa shape index (κ1) is 26.4. The van der Waals surface area contributed by atoms with Gasteiger partial charge in [-0.05, 0) is 37.1 Å². The van der Waals surface area contributed by atoms with Crippen LogP contribution in [0.4, 0.5) is 18.3 Å². The Bertz CT molecular complexity index is 1100. The molecule has 36 heavy (non-hydrogen) atoms. The molecule has 2 aromatic rings. The molecule has 0 spiro atoms. The Morgan fingerprint density at radius 2 is 1.75 bits per heavy atom. The minimum Gasteiger partial charge on any atom is -0.340 e. The second-order valence-electron chi connectivity index (χ2n) is 8.73. The zero-order valence-corrected chi connectivity index (χ0v) is 20.8. The standard InChI is InChI=1S/C23H25ClF3N5O3S/c24-16-5-3-15(4-6-16)21(35)29-22-28-17(14-36-22)12-19(33)31-10-8-30(9-11-31)13-20(34)32-7-1-2-18(32)23(25,26)27/h3-6,14,18H,1-2,7-13H2,(H,28,29,35)/t18-/m1/s1. The lowest BCUT2D eigenvalue weighted by molar-refractivity contribution is -0.183. The molecule has 2 saturated heterocycles. The van der Waals surface area contributed by atoms with Crippen LogP contribution in [0.5, 0.6) is 0 Å². The number of nitrogens with one attached hydrogen (secondary N) is 1. The van der Waals surface area contributed by atoms with Crippen LogP contribution in [0.25, 0.3) is 0 Å². The van der Waals surface area contributed by atoms with Gasteiger partial charge in [0.15, 0.2) is 5.13 Å². The predicted octanol–water partition coefficient (Wildman–Crippen LogP) is 3.29. The van der Waals surface area contributed by atoms with Crippen molar-refractivity contribution in [2.45, 2.75) is 31.5 Å². The maximum atomic E-state index is 13.1. The number of thiazole rings is 1. The summed E-state index contributed by atoms with van der Waals surface area (Å²) in [6.07, 6.45) is -4.05. The number of likely N-dealkylation sites (tertiary alicyclic amines) is 1. The lowest BCUT2D eigenvalue weighted by Crippen LogP contribution is -2.53. The maximum absolute atomic E-state index is 13.1. The number of amides is 3. The number of alkyl halides is 3. The van der Waals surface area contributed by atoms with Crippen molar-refractivity contribution in [3.63, 3.8) is 0 Å². The van der Waals surface area contributed by atoms with Gasteiger partial charge in [-0.15, -0.1) is 11.3 Å². The summed E-state index contributed by atoms with van der Waals surface area (Å²) in [7, 11) is 0. The smallest absolute Gasteiger partial charge is 0.340 e. The van der Waals surface area contributed by atoms with Crippen molar-refractivity contribution in [1.82, 2.24) is 19.7 Å². The van der Waals surface area contributed by atoms with Crippen molar-refractivity contribution in [1.29, 1.82) is 0 Å². The molecule has 194 valence electrons. The molecule has 3 heterocycles. The Balaban J connectivity index is 1.23. The van der Waals surface area contributed by atoms with E-state index >= 15 is 0 Å². The maximum Gasteiger partial charge on any atom is 0.408 e. The van der Waals surface area contributed by atoms with Crippen LogP contribution in [-0.4, -0.2) is 88.9 Å². The quantitative estimate of drug-likeness (QED) is 0.604. The molecule has 2 aliphatic heterocycles. The minimum absolute atomic E-state index is 0.0549. The van der Waals surface area contributed by atoms with Gasteiger partial charge >= 0.3 is 6.18 Å². The fraction of sp³-hybridized carbons (Fsp3) is 0.478. The van der Waals surface area contributed by atoms with Gasteiger partial charge in [-0.3, -0.25) is 24.6 Å². The summed E-state index contributed by atoms with van der Waals surface area (Å²) < 4.78 is 39.4. The van der Waals surface area contributed by atoms with Crippen LogP contribution in [0.15, 0.2) is 29.6 Å². The molecule has 1 aromatic heterocycles. The van der Waals surface area contributed by atoms with E-state index in [0.717, 1.165) is 4.90 Å². The highest BCUT2D eigenvalue weighted by Gasteiger charge is 2.47. The van der Waals surface area contributed by atoms with Crippen molar-refractivity contribution in [2.75, 3.05) is 44.6 Å². The van der Waals surface area contributed by atoms with Crippen LogP contribution < -0.4 is 5.32 Å². The number of nitrogens with zero attached hydrogens (tertiary/aromatic N) is 4. The van der Waals surface area contributed by atoms with Crippen molar-refractivity contribution in [2.24, 2.45) is 0 Å². The molecule has 4 rings (SSSR count). The Hall–Kier alpha value is -2.70. The highest BCUT2D eigenvalue weighted by atomic mass is 35.5. The van der Waals surface area contributed by atoms with Gasteiger partial charge in [-0.1, -0.05) is 11.6 Å². The van der Waals surface area contributed by atoms with E-state index in [1.54, 1.807) is 39.4 Å². The summed E-state index contributed by atoms with van der Waals surface area (Å²) in [5.41, 5.74) is 0.962. The van der Waals surface area contributed by atoms with E-state index in [4.69, 9.17) is 11.6 Å². The summed E-state index contributed by atoms with van der Waals surface area (Å²) in [5.74, 6) is -0.996. The molecule has 3 amide bonds. The van der Waals surface area contributed by atoms with E-state index in [9.17, 15) is 27.6 Å². The van der Waals surface area contributed by atoms with Gasteiger partial charge in [0.1, 0.15) is 6.04 Å². The Labute approximate surface area is 215 Å². The Morgan fingerprint density at radius 1 is 1.06 bits per heavy atom. The van der Waals surface area contributed by atoms with E-state index < -0.39 is 18.1 Å². The van der Waals surface area contributed by atoms with Gasteiger partial charge in [0.25, 0.3) is 5.91 Å². The van der Waals surface area contributed by atoms with E-state index in [1.165, 1.54) is 11.3 Å². The van der Waals surface area contributed by atoms with Crippen LogP contribution in [0.1, 0.15) is 28.9 Å². The minimum atomic E-state index is -4.41. The second-order valence-corrected chi connectivity index (χ2v) is 10.0. The normalized spacial score (nSPS) is 18.9. The number of aromatic nitrogens is 1. The lowest BCUT2D eigenvalue weighted by atomic mass is 10.2. The molecular weight excluding hydrogens is 519 g/mol. The Morgan fingerprint density at radius 3 is 2.42 bits per heavy atom. The van der Waals surface area contributed by atoms with Gasteiger partial charge in [-0.25, -0.2) is 4.98 Å². The second kappa shape index (κ2) is 11.1. The van der Waals surface area contributed by atoms with Gasteiger partial charge < -0.3 is 9.80 Å². The first-order chi connectivity index (χ1) is 17.1. The number of carbonyl (C=O) groups excluding carboxylic acids is 3. The number of halogens is 4. The topological polar surface area (TPSA) is 85.9 Å². The number of piperazine rings is 1. The van der Waals surface area contributed by atoms with Gasteiger partial charge in [0, 0.05) is 48.7 Å². The number of hydrogen-bond donors (Lipinski definition) is 1. The summed E-state index contributed by atoms with van der Waals surface area (Å²) in [5, 5.41) is 5.30. The molecular formula is C23H25ClF3N5O3S. The molecule has 0 unspecified atom stereocenters. The Kier molecular flexibility index (Phi) is 8.16. The SMILES string of the molecule is O=C(Nc1nc(CC(=O)N2CCN(CC(=O)N3CCC[C@@H]3C(F)(F)F)CC2)cs1)c1ccc(Cl)cc1. The average Bonchev–Trinajstić information content (AvgIpc) is 3.50. The van der Waals surface area contributed by atoms with Crippen molar-refractivity contribution < 1.29 is 27.6 Å². The highest BCUT2D eigenvalue weighted by Crippen LogP contribution is 2.32. The third-order valence-corrected chi connectivity index (χ3v) is 7.30. The highest BCUT2D eigenvalue weighted by molar-refractivity contribution is 7.14. The van der Waals surface area contributed by atoms with Crippen molar-refractivity contribution in [3.05, 3.63) is 45.9 Å². The van der Waals surface area contributed by atoms with Crippen LogP contribution in [-0.2, 0) is 16.0 Å². The van der Waals surface area contributed by atoms with Crippen LogP contribution >= 0.6 is 22.9 Å². The first-order valence-corrected chi connectivity index (χ1v) is 12.7. The molecule has 1 N–H and O–H groups in total. The molecule has 1 aromatic carbocycles. The molecule has 0 saturated carbocycles. The van der Waals surface area contributed by atoms with Gasteiger partial charge in [0.05, 0.1) is 18.7 Å². The molecule has 0 bridgehead atoms. The monoisotopic (exact) mass is 543 g/mol. The van der Waals surface area contributed by atoms with E-state index in [-0.39, 0.29) is 37.7 Å². The summed E-state index contributed by atoms with van der Waals surface area (Å²) in [6.45, 7) is 1.59. The van der Waals surface area contributed by atoms with Crippen molar-refractivity contribution in [3.8, 4) is 0 Å². The number of benzene rings is 1. The van der Waals surface area contributed by atoms with Crippen molar-refractivity contribution >= 4 is 45.8 Å². The average molecular weight is 544 g/mol. The molecule has 0 aliphatic carbocycles. The van der Waals surface area contributed by atoms with E-state index in [1.807, 2.05) is 0 Å². The largest absolute Gasteiger partial charge is 0.408 e. The molecule has 2 aliphatic rings. The van der Waals surface area contributed by atoms with Gasteiger partial charge in [-0.2, -0.15) is 13.2 Å². The summed E-state index contributed by atoms with van der Waals surface area (Å²) in [4.78, 5) is 46.2. The zero-order valence-electron chi connectivity index (χ0n) is 19.3. The van der Waals surface area contributed by atoms with Gasteiger partial charge in [0.2, 0.25) is 11.8 Å². The first-order valence-electron chi connectivity index (χ1n) is 11.5. The molecule has 13 heteroatoms. The van der Waals surface area contributed by atoms with E-state index in [2.05, 4.69) is 10.3 Å². The molecule has 2 fully saturated rings. The summed E-state index contributed by atoms with van der Waals surface area (Å²) >= 11 is 7.05.